The van der Waals surface area contributed by atoms with Crippen molar-refractivity contribution in [2.24, 2.45) is 0 Å². The molecule has 7 heteroatoms. The number of nitrogens with zero attached hydrogens (tertiary/aromatic N) is 1. The number of benzene rings is 1. The number of carboxylic acids is 1. The van der Waals surface area contributed by atoms with Gasteiger partial charge >= 0.3 is 5.97 Å². The molecule has 0 saturated carbocycles. The number of pyridine rings is 1. The van der Waals surface area contributed by atoms with Crippen LogP contribution in [0.1, 0.15) is 10.5 Å². The van der Waals surface area contributed by atoms with E-state index in [1.54, 1.807) is 6.07 Å². The van der Waals surface area contributed by atoms with E-state index >= 15 is 0 Å². The summed E-state index contributed by atoms with van der Waals surface area (Å²) in [5.41, 5.74) is -0.114. The number of hydrogen-bond donors (Lipinski definition) is 1. The van der Waals surface area contributed by atoms with Crippen molar-refractivity contribution in [1.82, 2.24) is 4.98 Å². The highest BCUT2D eigenvalue weighted by molar-refractivity contribution is 9.10. The lowest BCUT2D eigenvalue weighted by molar-refractivity contribution is 0.0690. The van der Waals surface area contributed by atoms with E-state index in [9.17, 15) is 4.79 Å². The number of hydrogen-bond acceptors (Lipinski definition) is 3. The lowest BCUT2D eigenvalue weighted by atomic mass is 10.3. The van der Waals surface area contributed by atoms with E-state index in [0.29, 0.717) is 26.0 Å². The molecular weight excluding hydrogens is 357 g/mol. The molecule has 2 rings (SSSR count). The summed E-state index contributed by atoms with van der Waals surface area (Å²) < 4.78 is 6.14. The van der Waals surface area contributed by atoms with Crippen LogP contribution in [0.5, 0.6) is 11.5 Å². The Morgan fingerprint density at radius 1 is 1.26 bits per heavy atom. The Kier molecular flexibility index (Phi) is 4.29. The van der Waals surface area contributed by atoms with Crippen LogP contribution in [0, 0.1) is 0 Å². The molecule has 0 spiro atoms. The molecule has 0 aliphatic carbocycles. The minimum atomic E-state index is -1.13. The minimum absolute atomic E-state index is 0.114. The van der Waals surface area contributed by atoms with Gasteiger partial charge in [0.05, 0.1) is 10.0 Å². The Bertz CT molecular complexity index is 649. The minimum Gasteiger partial charge on any atom is -0.477 e. The maximum absolute atomic E-state index is 10.8. The molecule has 1 N–H and O–H groups in total. The van der Waals surface area contributed by atoms with Crippen LogP contribution in [0.25, 0.3) is 0 Å². The maximum atomic E-state index is 10.8. The molecule has 4 nitrogen and oxygen atoms in total. The summed E-state index contributed by atoms with van der Waals surface area (Å²) in [5, 5.41) is 9.63. The highest BCUT2D eigenvalue weighted by Crippen LogP contribution is 2.36. The fourth-order valence-electron chi connectivity index (χ4n) is 1.30. The van der Waals surface area contributed by atoms with E-state index < -0.39 is 5.97 Å². The summed E-state index contributed by atoms with van der Waals surface area (Å²) in [6.45, 7) is 0. The molecule has 0 aliphatic heterocycles. The molecule has 0 radical (unpaired) electrons. The van der Waals surface area contributed by atoms with E-state index in [-0.39, 0.29) is 5.69 Å². The van der Waals surface area contributed by atoms with Crippen LogP contribution in [0.3, 0.4) is 0 Å². The van der Waals surface area contributed by atoms with Crippen LogP contribution in [0.15, 0.2) is 34.9 Å². The Balaban J connectivity index is 2.33. The lowest BCUT2D eigenvalue weighted by Gasteiger charge is -2.09. The van der Waals surface area contributed by atoms with Crippen LogP contribution >= 0.6 is 39.1 Å². The lowest BCUT2D eigenvalue weighted by Crippen LogP contribution is -1.99. The van der Waals surface area contributed by atoms with Crippen molar-refractivity contribution in [3.8, 4) is 11.5 Å². The van der Waals surface area contributed by atoms with Gasteiger partial charge in [-0.15, -0.1) is 0 Å². The average Bonchev–Trinajstić information content (AvgIpc) is 2.36. The highest BCUT2D eigenvalue weighted by atomic mass is 79.9. The first kappa shape index (κ1) is 14.1. The third-order valence-corrected chi connectivity index (χ3v) is 3.65. The van der Waals surface area contributed by atoms with Crippen LogP contribution in [-0.4, -0.2) is 16.1 Å². The molecule has 0 unspecified atom stereocenters. The Hall–Kier alpha value is -1.30. The summed E-state index contributed by atoms with van der Waals surface area (Å²) in [6.07, 6.45) is 1.34. The SMILES string of the molecule is O=C(O)c1cc(Oc2cc(Cl)c(Br)cc2Cl)ccn1. The highest BCUT2D eigenvalue weighted by Gasteiger charge is 2.10. The van der Waals surface area contributed by atoms with Crippen molar-refractivity contribution in [1.29, 1.82) is 0 Å². The van der Waals surface area contributed by atoms with Gasteiger partial charge in [0.1, 0.15) is 11.5 Å². The Labute approximate surface area is 127 Å². The van der Waals surface area contributed by atoms with Crippen molar-refractivity contribution in [3.05, 3.63) is 50.7 Å². The number of carboxylic acid groups (broad SMARTS) is 1. The quantitative estimate of drug-likeness (QED) is 0.808. The van der Waals surface area contributed by atoms with Gasteiger partial charge in [-0.3, -0.25) is 0 Å². The summed E-state index contributed by atoms with van der Waals surface area (Å²) in [6, 6.07) is 5.96. The van der Waals surface area contributed by atoms with E-state index in [1.807, 2.05) is 0 Å². The molecule has 0 amide bonds. The van der Waals surface area contributed by atoms with Gasteiger partial charge in [0.25, 0.3) is 0 Å². The molecule has 0 aliphatic rings. The van der Waals surface area contributed by atoms with Crippen molar-refractivity contribution in [2.45, 2.75) is 0 Å². The Morgan fingerprint density at radius 2 is 2.00 bits per heavy atom. The predicted molar refractivity (Wildman–Crippen MR) is 75.4 cm³/mol. The number of aromatic carboxylic acids is 1. The number of carbonyl (C=O) groups is 1. The molecule has 1 aromatic carbocycles. The molecule has 0 atom stereocenters. The molecule has 1 aromatic heterocycles. The maximum Gasteiger partial charge on any atom is 0.354 e. The number of aromatic nitrogens is 1. The third-order valence-electron chi connectivity index (χ3n) is 2.15. The molecular formula is C12H6BrCl2NO3. The van der Waals surface area contributed by atoms with Crippen LogP contribution < -0.4 is 4.74 Å². The van der Waals surface area contributed by atoms with Gasteiger partial charge in [-0.25, -0.2) is 9.78 Å². The number of halogens is 3. The monoisotopic (exact) mass is 361 g/mol. The standard InChI is InChI=1S/C12H6BrCl2NO3/c13-7-4-9(15)11(5-8(7)14)19-6-1-2-16-10(3-6)12(17)18/h1-5H,(H,17,18). The van der Waals surface area contributed by atoms with Crippen molar-refractivity contribution >= 4 is 45.1 Å². The molecule has 0 fully saturated rings. The first-order valence-corrected chi connectivity index (χ1v) is 6.54. The molecule has 0 saturated heterocycles. The molecule has 98 valence electrons. The topological polar surface area (TPSA) is 59.4 Å². The fourth-order valence-corrected chi connectivity index (χ4v) is 2.13. The van der Waals surface area contributed by atoms with Gasteiger partial charge in [-0.05, 0) is 28.1 Å². The van der Waals surface area contributed by atoms with Gasteiger partial charge in [-0.1, -0.05) is 23.2 Å². The molecule has 19 heavy (non-hydrogen) atoms. The van der Waals surface area contributed by atoms with Gasteiger partial charge in [-0.2, -0.15) is 0 Å². The third kappa shape index (κ3) is 3.37. The first-order valence-electron chi connectivity index (χ1n) is 4.99. The van der Waals surface area contributed by atoms with Crippen LogP contribution in [-0.2, 0) is 0 Å². The van der Waals surface area contributed by atoms with Crippen LogP contribution in [0.2, 0.25) is 10.0 Å². The molecule has 1 heterocycles. The summed E-state index contributed by atoms with van der Waals surface area (Å²) >= 11 is 15.2. The summed E-state index contributed by atoms with van der Waals surface area (Å²) in [5.74, 6) is -0.490. The van der Waals surface area contributed by atoms with Crippen molar-refractivity contribution in [3.63, 3.8) is 0 Å². The smallest absolute Gasteiger partial charge is 0.354 e. The zero-order valence-corrected chi connectivity index (χ0v) is 12.3. The van der Waals surface area contributed by atoms with E-state index in [2.05, 4.69) is 20.9 Å². The second-order valence-electron chi connectivity index (χ2n) is 3.48. The summed E-state index contributed by atoms with van der Waals surface area (Å²) in [7, 11) is 0. The zero-order valence-electron chi connectivity index (χ0n) is 9.23. The van der Waals surface area contributed by atoms with E-state index in [1.165, 1.54) is 24.4 Å². The number of rotatable bonds is 3. The van der Waals surface area contributed by atoms with Gasteiger partial charge in [0, 0.05) is 22.8 Å². The normalized spacial score (nSPS) is 10.3. The predicted octanol–water partition coefficient (Wildman–Crippen LogP) is 4.64. The zero-order chi connectivity index (χ0) is 14.0. The fraction of sp³-hybridized carbons (Fsp3) is 0. The largest absolute Gasteiger partial charge is 0.477 e. The van der Waals surface area contributed by atoms with E-state index in [4.69, 9.17) is 33.0 Å². The van der Waals surface area contributed by atoms with Crippen molar-refractivity contribution in [2.75, 3.05) is 0 Å². The molecule has 0 bridgehead atoms. The number of ether oxygens (including phenoxy) is 1. The second kappa shape index (κ2) is 5.77. The Morgan fingerprint density at radius 3 is 2.68 bits per heavy atom. The average molecular weight is 363 g/mol. The van der Waals surface area contributed by atoms with E-state index in [0.717, 1.165) is 0 Å². The van der Waals surface area contributed by atoms with Gasteiger partial charge in [0.2, 0.25) is 0 Å². The summed E-state index contributed by atoms with van der Waals surface area (Å²) in [4.78, 5) is 14.5. The van der Waals surface area contributed by atoms with Gasteiger partial charge < -0.3 is 9.84 Å². The van der Waals surface area contributed by atoms with Gasteiger partial charge in [0.15, 0.2) is 5.69 Å². The first-order chi connectivity index (χ1) is 8.97. The molecule has 2 aromatic rings. The van der Waals surface area contributed by atoms with Crippen LogP contribution in [0.4, 0.5) is 0 Å². The second-order valence-corrected chi connectivity index (χ2v) is 5.15. The van der Waals surface area contributed by atoms with Crippen molar-refractivity contribution < 1.29 is 14.6 Å².